The average Bonchev–Trinajstić information content (AvgIpc) is 3.64. The maximum atomic E-state index is 6.35. The van der Waals surface area contributed by atoms with Gasteiger partial charge in [0.05, 0.1) is 16.8 Å². The van der Waals surface area contributed by atoms with E-state index in [0.29, 0.717) is 12.3 Å². The molecule has 1 aliphatic heterocycles. The Morgan fingerprint density at radius 3 is 2.44 bits per heavy atom. The highest BCUT2D eigenvalue weighted by Crippen LogP contribution is 2.46. The zero-order valence-corrected chi connectivity index (χ0v) is 23.1. The van der Waals surface area contributed by atoms with Crippen LogP contribution in [-0.2, 0) is 6.54 Å². The molecule has 0 radical (unpaired) electrons. The van der Waals surface area contributed by atoms with Crippen LogP contribution in [0.2, 0.25) is 0 Å². The van der Waals surface area contributed by atoms with Gasteiger partial charge in [-0.2, -0.15) is 0 Å². The van der Waals surface area contributed by atoms with Crippen molar-refractivity contribution >= 4 is 66.9 Å². The first-order chi connectivity index (χ1) is 21.3. The molecule has 0 amide bonds. The normalized spacial score (nSPS) is 12.7. The number of fused-ring (bicyclic) bond motifs is 7. The van der Waals surface area contributed by atoms with E-state index in [-0.39, 0.29) is 0 Å². The van der Waals surface area contributed by atoms with E-state index in [0.717, 1.165) is 61.1 Å². The first-order valence-electron chi connectivity index (χ1n) is 14.4. The molecule has 5 nitrogen and oxygen atoms in total. The summed E-state index contributed by atoms with van der Waals surface area (Å²) in [5.41, 5.74) is 8.89. The van der Waals surface area contributed by atoms with Crippen LogP contribution in [0.3, 0.4) is 0 Å². The first-order valence-corrected chi connectivity index (χ1v) is 14.4. The van der Waals surface area contributed by atoms with Crippen molar-refractivity contribution in [2.45, 2.75) is 6.54 Å². The molecule has 8 aromatic rings. The molecular weight excluding hydrogens is 530 g/mol. The summed E-state index contributed by atoms with van der Waals surface area (Å²) in [5, 5.41) is 8.82. The number of anilines is 3. The molecule has 0 unspecified atom stereocenters. The minimum absolute atomic E-state index is 0.613. The average molecular weight is 556 g/mol. The second-order valence-electron chi connectivity index (χ2n) is 10.9. The van der Waals surface area contributed by atoms with E-state index in [1.165, 1.54) is 16.5 Å². The van der Waals surface area contributed by atoms with Crippen LogP contribution in [0, 0.1) is 0 Å². The van der Waals surface area contributed by atoms with Crippen molar-refractivity contribution in [3.8, 4) is 11.1 Å². The Morgan fingerprint density at radius 2 is 1.49 bits per heavy atom. The van der Waals surface area contributed by atoms with Gasteiger partial charge in [0.1, 0.15) is 16.9 Å². The molecule has 0 saturated heterocycles. The monoisotopic (exact) mass is 555 g/mol. The van der Waals surface area contributed by atoms with Crippen LogP contribution in [0.15, 0.2) is 136 Å². The number of benzene rings is 5. The topological polar surface area (TPSA) is 54.4 Å². The lowest BCUT2D eigenvalue weighted by molar-refractivity contribution is 0.592. The van der Waals surface area contributed by atoms with E-state index in [2.05, 4.69) is 106 Å². The summed E-state index contributed by atoms with van der Waals surface area (Å²) < 4.78 is 12.6. The van der Waals surface area contributed by atoms with Crippen LogP contribution in [0.5, 0.6) is 0 Å². The van der Waals surface area contributed by atoms with Crippen molar-refractivity contribution in [3.05, 3.63) is 139 Å². The quantitative estimate of drug-likeness (QED) is 0.234. The van der Waals surface area contributed by atoms with Crippen molar-refractivity contribution < 1.29 is 8.83 Å². The maximum Gasteiger partial charge on any atom is 0.229 e. The predicted molar refractivity (Wildman–Crippen MR) is 175 cm³/mol. The molecule has 9 rings (SSSR count). The fourth-order valence-corrected chi connectivity index (χ4v) is 6.41. The van der Waals surface area contributed by atoms with Gasteiger partial charge in [-0.3, -0.25) is 0 Å². The third kappa shape index (κ3) is 3.75. The van der Waals surface area contributed by atoms with Crippen LogP contribution >= 0.6 is 0 Å². The number of para-hydroxylation sites is 1. The third-order valence-corrected chi connectivity index (χ3v) is 8.38. The standard InChI is InChI=1S/C38H25N3O2/c1-2-7-24(8-3-1)26-14-13-25-15-16-28(22-27(25)21-26)41(31-10-6-12-35-36(31)30-23-39-19-18-34(30)42-35)32-17-20-40-38-37(32)29-9-4-5-11-33(29)43-38/h1-22,39H,23H2. The van der Waals surface area contributed by atoms with Gasteiger partial charge in [-0.1, -0.05) is 72.8 Å². The van der Waals surface area contributed by atoms with Crippen LogP contribution in [-0.4, -0.2) is 4.98 Å². The van der Waals surface area contributed by atoms with Gasteiger partial charge in [0, 0.05) is 41.0 Å². The zero-order valence-electron chi connectivity index (χ0n) is 23.1. The summed E-state index contributed by atoms with van der Waals surface area (Å²) in [7, 11) is 0. The summed E-state index contributed by atoms with van der Waals surface area (Å²) >= 11 is 0. The van der Waals surface area contributed by atoms with E-state index < -0.39 is 0 Å². The third-order valence-electron chi connectivity index (χ3n) is 8.38. The van der Waals surface area contributed by atoms with Crippen molar-refractivity contribution in [1.29, 1.82) is 0 Å². The van der Waals surface area contributed by atoms with E-state index in [9.17, 15) is 0 Å². The van der Waals surface area contributed by atoms with Gasteiger partial charge in [0.15, 0.2) is 0 Å². The Hall–Kier alpha value is -5.81. The molecule has 0 atom stereocenters. The molecule has 0 fully saturated rings. The van der Waals surface area contributed by atoms with Crippen LogP contribution < -0.4 is 10.2 Å². The van der Waals surface area contributed by atoms with Crippen LogP contribution in [0.4, 0.5) is 17.1 Å². The molecule has 5 aromatic carbocycles. The summed E-state index contributed by atoms with van der Waals surface area (Å²) in [6, 6.07) is 40.4. The molecule has 43 heavy (non-hydrogen) atoms. The number of furan rings is 2. The molecule has 1 aliphatic rings. The highest BCUT2D eigenvalue weighted by Gasteiger charge is 2.25. The van der Waals surface area contributed by atoms with E-state index in [1.54, 1.807) is 0 Å². The number of hydrogen-bond donors (Lipinski definition) is 1. The molecule has 0 spiro atoms. The smallest absolute Gasteiger partial charge is 0.229 e. The molecular formula is C38H25N3O2. The molecule has 3 aromatic heterocycles. The molecule has 0 saturated carbocycles. The molecule has 5 heteroatoms. The number of nitrogens with zero attached hydrogens (tertiary/aromatic N) is 2. The number of aromatic nitrogens is 1. The number of nitrogens with one attached hydrogen (secondary N) is 1. The highest BCUT2D eigenvalue weighted by molar-refractivity contribution is 6.14. The Bertz CT molecular complexity index is 2360. The molecule has 4 heterocycles. The molecule has 1 N–H and O–H groups in total. The predicted octanol–water partition coefficient (Wildman–Crippen LogP) is 10.1. The Balaban J connectivity index is 1.35. The number of hydrogen-bond acceptors (Lipinski definition) is 5. The summed E-state index contributed by atoms with van der Waals surface area (Å²) in [5.74, 6) is 0.890. The van der Waals surface area contributed by atoms with E-state index in [1.807, 2.05) is 42.7 Å². The lowest BCUT2D eigenvalue weighted by Gasteiger charge is -2.27. The molecule has 0 bridgehead atoms. The summed E-state index contributed by atoms with van der Waals surface area (Å²) in [4.78, 5) is 6.97. The van der Waals surface area contributed by atoms with Gasteiger partial charge in [-0.05, 0) is 70.4 Å². The van der Waals surface area contributed by atoms with Crippen LogP contribution in [0.1, 0.15) is 11.3 Å². The Morgan fingerprint density at radius 1 is 0.651 bits per heavy atom. The largest absolute Gasteiger partial charge is 0.456 e. The maximum absolute atomic E-state index is 6.35. The van der Waals surface area contributed by atoms with Crippen molar-refractivity contribution in [3.63, 3.8) is 0 Å². The fourth-order valence-electron chi connectivity index (χ4n) is 6.41. The van der Waals surface area contributed by atoms with E-state index >= 15 is 0 Å². The lowest BCUT2D eigenvalue weighted by atomic mass is 10.00. The van der Waals surface area contributed by atoms with Crippen LogP contribution in [0.25, 0.3) is 61.0 Å². The van der Waals surface area contributed by atoms with Crippen molar-refractivity contribution in [2.24, 2.45) is 0 Å². The van der Waals surface area contributed by atoms with Gasteiger partial charge in [-0.15, -0.1) is 0 Å². The zero-order chi connectivity index (χ0) is 28.3. The van der Waals surface area contributed by atoms with Gasteiger partial charge < -0.3 is 19.1 Å². The van der Waals surface area contributed by atoms with Gasteiger partial charge in [0.25, 0.3) is 0 Å². The first kappa shape index (κ1) is 23.9. The van der Waals surface area contributed by atoms with Gasteiger partial charge in [-0.25, -0.2) is 4.98 Å². The molecule has 204 valence electrons. The highest BCUT2D eigenvalue weighted by atomic mass is 16.3. The van der Waals surface area contributed by atoms with Crippen molar-refractivity contribution in [2.75, 3.05) is 4.90 Å². The molecule has 0 aliphatic carbocycles. The minimum Gasteiger partial charge on any atom is -0.456 e. The summed E-state index contributed by atoms with van der Waals surface area (Å²) in [6.07, 6.45) is 5.78. The minimum atomic E-state index is 0.613. The Kier molecular flexibility index (Phi) is 5.19. The fraction of sp³-hybridized carbons (Fsp3) is 0.0263. The second-order valence-corrected chi connectivity index (χ2v) is 10.9. The number of pyridine rings is 1. The SMILES string of the molecule is C1=Cc2oc3cccc(N(c4ccc5ccc(-c6ccccc6)cc5c4)c4ccnc5oc6ccccc6c45)c3c2CN1. The van der Waals surface area contributed by atoms with Gasteiger partial charge >= 0.3 is 0 Å². The number of rotatable bonds is 4. The second kappa shape index (κ2) is 9.36. The lowest BCUT2D eigenvalue weighted by Crippen LogP contribution is -2.13. The van der Waals surface area contributed by atoms with Crippen molar-refractivity contribution in [1.82, 2.24) is 10.3 Å². The van der Waals surface area contributed by atoms with Gasteiger partial charge in [0.2, 0.25) is 5.71 Å². The summed E-state index contributed by atoms with van der Waals surface area (Å²) in [6.45, 7) is 0.697. The Labute approximate surface area is 247 Å². The van der Waals surface area contributed by atoms with E-state index in [4.69, 9.17) is 8.83 Å².